The number of nitrogens with zero attached hydrogens (tertiary/aromatic N) is 2. The number of likely N-dealkylation sites (tertiary alicyclic amines) is 1. The molecule has 2 amide bonds. The van der Waals surface area contributed by atoms with Gasteiger partial charge in [0.1, 0.15) is 5.70 Å². The standard InChI is InChI=1S/C23H22Cl2N2O2/c1-14-4-3-11-26(13-14)21-20(16-6-8-17(24)9-7-16)22(28)27(23(21)29)18-10-5-15(2)19(25)12-18/h5-10,12,14H,3-4,11,13H2,1-2H3. The van der Waals surface area contributed by atoms with Gasteiger partial charge in [0.15, 0.2) is 0 Å². The van der Waals surface area contributed by atoms with Gasteiger partial charge < -0.3 is 4.90 Å². The first-order valence-corrected chi connectivity index (χ1v) is 10.5. The van der Waals surface area contributed by atoms with Gasteiger partial charge in [-0.3, -0.25) is 9.59 Å². The third-order valence-electron chi connectivity index (χ3n) is 5.58. The van der Waals surface area contributed by atoms with Crippen LogP contribution in [-0.4, -0.2) is 29.8 Å². The number of anilines is 1. The molecule has 2 heterocycles. The molecule has 6 heteroatoms. The Kier molecular flexibility index (Phi) is 5.41. The van der Waals surface area contributed by atoms with E-state index in [2.05, 4.69) is 11.8 Å². The van der Waals surface area contributed by atoms with Crippen LogP contribution in [0, 0.1) is 12.8 Å². The minimum absolute atomic E-state index is 0.297. The fourth-order valence-electron chi connectivity index (χ4n) is 4.04. The molecule has 0 N–H and O–H groups in total. The second kappa shape index (κ2) is 7.85. The molecule has 1 saturated heterocycles. The highest BCUT2D eigenvalue weighted by Crippen LogP contribution is 2.37. The Morgan fingerprint density at radius 1 is 1.00 bits per heavy atom. The number of hydrogen-bond donors (Lipinski definition) is 0. The van der Waals surface area contributed by atoms with Crippen LogP contribution < -0.4 is 4.90 Å². The number of carbonyl (C=O) groups is 2. The van der Waals surface area contributed by atoms with Crippen molar-refractivity contribution in [2.75, 3.05) is 18.0 Å². The van der Waals surface area contributed by atoms with Crippen LogP contribution >= 0.6 is 23.2 Å². The maximum Gasteiger partial charge on any atom is 0.282 e. The zero-order valence-electron chi connectivity index (χ0n) is 16.4. The van der Waals surface area contributed by atoms with Crippen LogP contribution in [-0.2, 0) is 9.59 Å². The van der Waals surface area contributed by atoms with Crippen LogP contribution in [0.3, 0.4) is 0 Å². The minimum atomic E-state index is -0.328. The van der Waals surface area contributed by atoms with E-state index in [-0.39, 0.29) is 11.8 Å². The van der Waals surface area contributed by atoms with Gasteiger partial charge in [-0.1, -0.05) is 48.3 Å². The van der Waals surface area contributed by atoms with Gasteiger partial charge in [-0.15, -0.1) is 0 Å². The molecule has 150 valence electrons. The van der Waals surface area contributed by atoms with E-state index in [0.29, 0.717) is 38.5 Å². The van der Waals surface area contributed by atoms with Crippen molar-refractivity contribution in [3.63, 3.8) is 0 Å². The van der Waals surface area contributed by atoms with Gasteiger partial charge in [-0.05, 0) is 61.1 Å². The van der Waals surface area contributed by atoms with Crippen molar-refractivity contribution in [2.45, 2.75) is 26.7 Å². The van der Waals surface area contributed by atoms with E-state index in [0.717, 1.165) is 31.5 Å². The van der Waals surface area contributed by atoms with Crippen molar-refractivity contribution in [2.24, 2.45) is 5.92 Å². The van der Waals surface area contributed by atoms with E-state index in [4.69, 9.17) is 23.2 Å². The SMILES string of the molecule is Cc1ccc(N2C(=O)C(c3ccc(Cl)cc3)=C(N3CCCC(C)C3)C2=O)cc1Cl. The highest BCUT2D eigenvalue weighted by molar-refractivity contribution is 6.45. The summed E-state index contributed by atoms with van der Waals surface area (Å²) in [7, 11) is 0. The van der Waals surface area contributed by atoms with Crippen molar-refractivity contribution in [3.05, 3.63) is 69.3 Å². The highest BCUT2D eigenvalue weighted by atomic mass is 35.5. The monoisotopic (exact) mass is 428 g/mol. The predicted molar refractivity (Wildman–Crippen MR) is 117 cm³/mol. The molecule has 0 aliphatic carbocycles. The van der Waals surface area contributed by atoms with Crippen LogP contribution in [0.2, 0.25) is 10.0 Å². The molecule has 2 aliphatic heterocycles. The normalized spacial score (nSPS) is 20.1. The number of hydrogen-bond acceptors (Lipinski definition) is 3. The summed E-state index contributed by atoms with van der Waals surface area (Å²) in [4.78, 5) is 30.3. The molecule has 1 atom stereocenters. The first-order valence-electron chi connectivity index (χ1n) is 9.77. The third-order valence-corrected chi connectivity index (χ3v) is 6.24. The van der Waals surface area contributed by atoms with Crippen molar-refractivity contribution in [1.29, 1.82) is 0 Å². The number of halogens is 2. The van der Waals surface area contributed by atoms with Crippen molar-refractivity contribution < 1.29 is 9.59 Å². The molecule has 2 aromatic carbocycles. The Morgan fingerprint density at radius 3 is 2.38 bits per heavy atom. The molecule has 1 unspecified atom stereocenters. The van der Waals surface area contributed by atoms with E-state index >= 15 is 0 Å². The number of imide groups is 1. The van der Waals surface area contributed by atoms with Crippen LogP contribution in [0.4, 0.5) is 5.69 Å². The molecule has 1 fully saturated rings. The third kappa shape index (κ3) is 3.67. The average molecular weight is 429 g/mol. The number of carbonyl (C=O) groups excluding carboxylic acids is 2. The molecule has 0 bridgehead atoms. The Hall–Kier alpha value is -2.30. The van der Waals surface area contributed by atoms with Gasteiger partial charge in [-0.2, -0.15) is 0 Å². The Labute approximate surface area is 180 Å². The average Bonchev–Trinajstić information content (AvgIpc) is 2.95. The summed E-state index contributed by atoms with van der Waals surface area (Å²) in [6, 6.07) is 12.3. The molecule has 29 heavy (non-hydrogen) atoms. The molecule has 0 aromatic heterocycles. The first kappa shape index (κ1) is 20.0. The largest absolute Gasteiger partial charge is 0.366 e. The summed E-state index contributed by atoms with van der Waals surface area (Å²) in [5.74, 6) is -0.159. The lowest BCUT2D eigenvalue weighted by molar-refractivity contribution is -0.120. The maximum absolute atomic E-state index is 13.5. The Bertz CT molecular complexity index is 1010. The first-order chi connectivity index (χ1) is 13.9. The second-order valence-corrected chi connectivity index (χ2v) is 8.65. The molecule has 2 aliphatic rings. The fourth-order valence-corrected chi connectivity index (χ4v) is 4.34. The number of rotatable bonds is 3. The molecular weight excluding hydrogens is 407 g/mol. The number of amides is 2. The summed E-state index contributed by atoms with van der Waals surface area (Å²) >= 11 is 12.3. The zero-order valence-corrected chi connectivity index (χ0v) is 17.9. The summed E-state index contributed by atoms with van der Waals surface area (Å²) in [6.45, 7) is 5.58. The van der Waals surface area contributed by atoms with Crippen LogP contribution in [0.15, 0.2) is 48.2 Å². The smallest absolute Gasteiger partial charge is 0.282 e. The molecule has 4 rings (SSSR count). The Morgan fingerprint density at radius 2 is 1.72 bits per heavy atom. The topological polar surface area (TPSA) is 40.6 Å². The molecular formula is C23H22Cl2N2O2. The van der Waals surface area contributed by atoms with Gasteiger partial charge in [0.2, 0.25) is 0 Å². The molecule has 0 radical (unpaired) electrons. The van der Waals surface area contributed by atoms with Gasteiger partial charge in [0.25, 0.3) is 11.8 Å². The lowest BCUT2D eigenvalue weighted by Gasteiger charge is -2.33. The lowest BCUT2D eigenvalue weighted by Crippen LogP contribution is -2.39. The van der Waals surface area contributed by atoms with Crippen molar-refractivity contribution in [1.82, 2.24) is 4.90 Å². The summed E-state index contributed by atoms with van der Waals surface area (Å²) in [5.41, 5.74) is 2.98. The molecule has 0 spiro atoms. The molecule has 0 saturated carbocycles. The zero-order chi connectivity index (χ0) is 20.7. The minimum Gasteiger partial charge on any atom is -0.366 e. The van der Waals surface area contributed by atoms with E-state index in [1.54, 1.807) is 36.4 Å². The van der Waals surface area contributed by atoms with Crippen LogP contribution in [0.5, 0.6) is 0 Å². The number of benzene rings is 2. The Balaban J connectivity index is 1.83. The number of aryl methyl sites for hydroxylation is 1. The lowest BCUT2D eigenvalue weighted by atomic mass is 9.98. The van der Waals surface area contributed by atoms with Gasteiger partial charge >= 0.3 is 0 Å². The van der Waals surface area contributed by atoms with Crippen molar-refractivity contribution in [3.8, 4) is 0 Å². The van der Waals surface area contributed by atoms with Gasteiger partial charge in [0, 0.05) is 23.1 Å². The van der Waals surface area contributed by atoms with Gasteiger partial charge in [-0.25, -0.2) is 4.90 Å². The summed E-state index contributed by atoms with van der Waals surface area (Å²) in [6.07, 6.45) is 2.12. The maximum atomic E-state index is 13.5. The molecule has 2 aromatic rings. The van der Waals surface area contributed by atoms with E-state index in [1.807, 2.05) is 13.0 Å². The predicted octanol–water partition coefficient (Wildman–Crippen LogP) is 5.32. The van der Waals surface area contributed by atoms with Crippen LogP contribution in [0.1, 0.15) is 30.9 Å². The van der Waals surface area contributed by atoms with E-state index in [9.17, 15) is 9.59 Å². The van der Waals surface area contributed by atoms with Crippen molar-refractivity contribution >= 4 is 46.3 Å². The quantitative estimate of drug-likeness (QED) is 0.621. The van der Waals surface area contributed by atoms with E-state index in [1.165, 1.54) is 4.90 Å². The fraction of sp³-hybridized carbons (Fsp3) is 0.304. The summed E-state index contributed by atoms with van der Waals surface area (Å²) in [5, 5.41) is 1.11. The summed E-state index contributed by atoms with van der Waals surface area (Å²) < 4.78 is 0. The molecule has 4 nitrogen and oxygen atoms in total. The van der Waals surface area contributed by atoms with Gasteiger partial charge in [0.05, 0.1) is 11.3 Å². The number of piperidine rings is 1. The second-order valence-electron chi connectivity index (χ2n) is 7.80. The van der Waals surface area contributed by atoms with Crippen LogP contribution in [0.25, 0.3) is 5.57 Å². The highest BCUT2D eigenvalue weighted by Gasteiger charge is 2.43. The van der Waals surface area contributed by atoms with E-state index < -0.39 is 0 Å².